The predicted octanol–water partition coefficient (Wildman–Crippen LogP) is 3.21. The quantitative estimate of drug-likeness (QED) is 0.644. The molecule has 1 nitrogen and oxygen atoms in total. The minimum atomic E-state index is 0.936. The Morgan fingerprint density at radius 3 is 2.29 bits per heavy atom. The molecule has 0 saturated heterocycles. The van der Waals surface area contributed by atoms with Gasteiger partial charge < -0.3 is 4.57 Å². The summed E-state index contributed by atoms with van der Waals surface area (Å²) in [6.45, 7) is 3.72. The molecule has 0 aliphatic carbocycles. The molecule has 14 heavy (non-hydrogen) atoms. The van der Waals surface area contributed by atoms with E-state index in [9.17, 15) is 0 Å². The van der Waals surface area contributed by atoms with E-state index in [4.69, 9.17) is 0 Å². The van der Waals surface area contributed by atoms with Crippen molar-refractivity contribution in [2.75, 3.05) is 0 Å². The van der Waals surface area contributed by atoms with E-state index < -0.39 is 0 Å². The van der Waals surface area contributed by atoms with E-state index >= 15 is 0 Å². The predicted molar refractivity (Wildman–Crippen MR) is 59.7 cm³/mol. The highest BCUT2D eigenvalue weighted by atomic mass is 14.9. The van der Waals surface area contributed by atoms with Crippen LogP contribution >= 0.6 is 0 Å². The molecule has 0 aliphatic rings. The lowest BCUT2D eigenvalue weighted by molar-refractivity contribution is 1.07. The van der Waals surface area contributed by atoms with Crippen molar-refractivity contribution in [2.45, 2.75) is 6.42 Å². The topological polar surface area (TPSA) is 4.93 Å². The first-order valence-corrected chi connectivity index (χ1v) is 4.73. The maximum Gasteiger partial charge on any atom is 0.0449 e. The molecule has 0 spiro atoms. The third-order valence-electron chi connectivity index (χ3n) is 2.22. The van der Waals surface area contributed by atoms with E-state index in [2.05, 4.69) is 35.4 Å². The molecule has 70 valence electrons. The van der Waals surface area contributed by atoms with Crippen LogP contribution in [0.3, 0.4) is 0 Å². The smallest absolute Gasteiger partial charge is 0.0449 e. The van der Waals surface area contributed by atoms with Gasteiger partial charge in [-0.25, -0.2) is 0 Å². The van der Waals surface area contributed by atoms with Gasteiger partial charge in [0.2, 0.25) is 0 Å². The van der Waals surface area contributed by atoms with Gasteiger partial charge in [0, 0.05) is 18.1 Å². The molecule has 0 radical (unpaired) electrons. The highest BCUT2D eigenvalue weighted by Gasteiger charge is 1.93. The number of allylic oxidation sites excluding steroid dienone is 1. The molecule has 2 aromatic rings. The number of hydrogen-bond donors (Lipinski definition) is 0. The first-order valence-electron chi connectivity index (χ1n) is 4.73. The van der Waals surface area contributed by atoms with E-state index in [0.29, 0.717) is 0 Å². The van der Waals surface area contributed by atoms with Gasteiger partial charge in [0.25, 0.3) is 0 Å². The van der Waals surface area contributed by atoms with Crippen LogP contribution in [0.4, 0.5) is 0 Å². The van der Waals surface area contributed by atoms with Gasteiger partial charge in [-0.15, -0.1) is 6.58 Å². The Morgan fingerprint density at radius 2 is 1.71 bits per heavy atom. The Balaban J connectivity index is 2.26. The second-order valence-electron chi connectivity index (χ2n) is 3.25. The monoisotopic (exact) mass is 183 g/mol. The van der Waals surface area contributed by atoms with Crippen molar-refractivity contribution in [3.05, 3.63) is 67.0 Å². The first-order chi connectivity index (χ1) is 6.90. The van der Waals surface area contributed by atoms with Gasteiger partial charge in [-0.3, -0.25) is 0 Å². The van der Waals surface area contributed by atoms with Gasteiger partial charge >= 0.3 is 0 Å². The van der Waals surface area contributed by atoms with Crippen LogP contribution in [0.2, 0.25) is 0 Å². The molecule has 1 aromatic carbocycles. The fraction of sp³-hybridized carbons (Fsp3) is 0.0769. The van der Waals surface area contributed by atoms with Gasteiger partial charge in [0.15, 0.2) is 0 Å². The lowest BCUT2D eigenvalue weighted by Crippen LogP contribution is -1.89. The SMILES string of the molecule is C=CCc1ccc(-n2cccc2)cc1. The fourth-order valence-electron chi connectivity index (χ4n) is 1.48. The molecular formula is C13H13N. The highest BCUT2D eigenvalue weighted by molar-refractivity contribution is 5.35. The average Bonchev–Trinajstić information content (AvgIpc) is 2.72. The van der Waals surface area contributed by atoms with Crippen molar-refractivity contribution in [2.24, 2.45) is 0 Å². The maximum atomic E-state index is 3.72. The van der Waals surface area contributed by atoms with Crippen molar-refractivity contribution < 1.29 is 0 Å². The largest absolute Gasteiger partial charge is 0.324 e. The third-order valence-corrected chi connectivity index (χ3v) is 2.22. The molecule has 0 N–H and O–H groups in total. The molecule has 0 amide bonds. The zero-order valence-corrected chi connectivity index (χ0v) is 8.06. The van der Waals surface area contributed by atoms with Gasteiger partial charge in [-0.1, -0.05) is 18.2 Å². The molecule has 2 rings (SSSR count). The van der Waals surface area contributed by atoms with Crippen LogP contribution < -0.4 is 0 Å². The van der Waals surface area contributed by atoms with E-state index in [0.717, 1.165) is 6.42 Å². The van der Waals surface area contributed by atoms with Crippen LogP contribution in [0.15, 0.2) is 61.4 Å². The minimum absolute atomic E-state index is 0.936. The number of rotatable bonds is 3. The molecule has 0 bridgehead atoms. The van der Waals surface area contributed by atoms with Gasteiger partial charge in [0.1, 0.15) is 0 Å². The molecular weight excluding hydrogens is 170 g/mol. The normalized spacial score (nSPS) is 10.0. The number of benzene rings is 1. The summed E-state index contributed by atoms with van der Waals surface area (Å²) in [4.78, 5) is 0. The summed E-state index contributed by atoms with van der Waals surface area (Å²) >= 11 is 0. The minimum Gasteiger partial charge on any atom is -0.324 e. The van der Waals surface area contributed by atoms with Crippen LogP contribution in [0.5, 0.6) is 0 Å². The Hall–Kier alpha value is -1.76. The lowest BCUT2D eigenvalue weighted by atomic mass is 10.1. The van der Waals surface area contributed by atoms with E-state index in [-0.39, 0.29) is 0 Å². The summed E-state index contributed by atoms with van der Waals surface area (Å²) in [6, 6.07) is 12.6. The second-order valence-corrected chi connectivity index (χ2v) is 3.25. The summed E-state index contributed by atoms with van der Waals surface area (Å²) in [7, 11) is 0. The molecule has 0 atom stereocenters. The lowest BCUT2D eigenvalue weighted by Gasteiger charge is -2.03. The molecule has 1 aromatic heterocycles. The molecule has 1 heteroatoms. The Bertz CT molecular complexity index is 395. The summed E-state index contributed by atoms with van der Waals surface area (Å²) in [6.07, 6.45) is 6.95. The molecule has 0 saturated carbocycles. The van der Waals surface area contributed by atoms with E-state index in [1.54, 1.807) is 0 Å². The Kier molecular flexibility index (Phi) is 2.50. The zero-order valence-electron chi connectivity index (χ0n) is 8.06. The first kappa shape index (κ1) is 8.82. The van der Waals surface area contributed by atoms with E-state index in [1.807, 2.05) is 30.6 Å². The Labute approximate surface area is 84.3 Å². The van der Waals surface area contributed by atoms with Crippen LogP contribution in [-0.4, -0.2) is 4.57 Å². The van der Waals surface area contributed by atoms with Crippen LogP contribution in [0, 0.1) is 0 Å². The van der Waals surface area contributed by atoms with Crippen LogP contribution in [0.1, 0.15) is 5.56 Å². The van der Waals surface area contributed by atoms with Crippen molar-refractivity contribution in [3.8, 4) is 5.69 Å². The highest BCUT2D eigenvalue weighted by Crippen LogP contribution is 2.10. The molecule has 0 aliphatic heterocycles. The molecule has 0 fully saturated rings. The average molecular weight is 183 g/mol. The molecule has 0 unspecified atom stereocenters. The summed E-state index contributed by atoms with van der Waals surface area (Å²) in [5.74, 6) is 0. The summed E-state index contributed by atoms with van der Waals surface area (Å²) in [5, 5.41) is 0. The third kappa shape index (κ3) is 1.77. The standard InChI is InChI=1S/C13H13N/c1-2-5-12-6-8-13(9-7-12)14-10-3-4-11-14/h2-4,6-11H,1,5H2. The molecule has 1 heterocycles. The van der Waals surface area contributed by atoms with Crippen LogP contribution in [-0.2, 0) is 6.42 Å². The van der Waals surface area contributed by atoms with Gasteiger partial charge in [-0.05, 0) is 36.2 Å². The van der Waals surface area contributed by atoms with Crippen molar-refractivity contribution >= 4 is 0 Å². The fourth-order valence-corrected chi connectivity index (χ4v) is 1.48. The van der Waals surface area contributed by atoms with Gasteiger partial charge in [-0.2, -0.15) is 0 Å². The number of nitrogens with zero attached hydrogens (tertiary/aromatic N) is 1. The van der Waals surface area contributed by atoms with Crippen LogP contribution in [0.25, 0.3) is 5.69 Å². The summed E-state index contributed by atoms with van der Waals surface area (Å²) < 4.78 is 2.09. The second kappa shape index (κ2) is 3.97. The number of hydrogen-bond acceptors (Lipinski definition) is 0. The maximum absolute atomic E-state index is 3.72. The van der Waals surface area contributed by atoms with E-state index in [1.165, 1.54) is 11.3 Å². The number of aromatic nitrogens is 1. The summed E-state index contributed by atoms with van der Waals surface area (Å²) in [5.41, 5.74) is 2.50. The van der Waals surface area contributed by atoms with Crippen molar-refractivity contribution in [1.29, 1.82) is 0 Å². The van der Waals surface area contributed by atoms with Gasteiger partial charge in [0.05, 0.1) is 0 Å². The Morgan fingerprint density at radius 1 is 1.07 bits per heavy atom. The zero-order chi connectivity index (χ0) is 9.80. The van der Waals surface area contributed by atoms with Crippen molar-refractivity contribution in [1.82, 2.24) is 4.57 Å². The van der Waals surface area contributed by atoms with Crippen molar-refractivity contribution in [3.63, 3.8) is 0 Å².